The van der Waals surface area contributed by atoms with Crippen LogP contribution in [-0.2, 0) is 4.79 Å². The number of likely N-dealkylation sites (tertiary alicyclic amines) is 2. The van der Waals surface area contributed by atoms with Crippen LogP contribution in [0.5, 0.6) is 0 Å². The Bertz CT molecular complexity index is 1070. The van der Waals surface area contributed by atoms with Gasteiger partial charge in [-0.25, -0.2) is 13.2 Å². The number of hydrogen-bond acceptors (Lipinski definition) is 3. The number of nitrogens with two attached hydrogens (primary N) is 1. The van der Waals surface area contributed by atoms with Gasteiger partial charge in [-0.1, -0.05) is 23.7 Å². The zero-order valence-corrected chi connectivity index (χ0v) is 18.2. The van der Waals surface area contributed by atoms with E-state index in [0.717, 1.165) is 11.1 Å². The molecule has 0 radical (unpaired) electrons. The standard InChI is InChI=1S/C23H23ClF3N3O2/c1-12-2-3-13(4-17(12)24)21(7-22(28)31)29-8-14-10-30(11-15(14)9-29)23(32)16-5-19(26)20(27)6-18(16)25/h2-6,14-15,21H,7-11H2,1H3,(H2,28,31). The number of primary amides is 1. The van der Waals surface area contributed by atoms with Gasteiger partial charge in [0.05, 0.1) is 5.56 Å². The maximum atomic E-state index is 14.0. The number of halogens is 4. The van der Waals surface area contributed by atoms with Gasteiger partial charge >= 0.3 is 0 Å². The number of amides is 2. The topological polar surface area (TPSA) is 66.6 Å². The molecule has 2 saturated heterocycles. The van der Waals surface area contributed by atoms with Gasteiger partial charge in [-0.3, -0.25) is 14.5 Å². The normalized spacial score (nSPS) is 21.6. The lowest BCUT2D eigenvalue weighted by atomic mass is 10.0. The van der Waals surface area contributed by atoms with Crippen LogP contribution in [0.1, 0.15) is 33.9 Å². The highest BCUT2D eigenvalue weighted by Crippen LogP contribution is 2.38. The van der Waals surface area contributed by atoms with E-state index in [-0.39, 0.29) is 24.3 Å². The van der Waals surface area contributed by atoms with Crippen molar-refractivity contribution < 1.29 is 22.8 Å². The Hall–Kier alpha value is -2.58. The third-order valence-corrected chi connectivity index (χ3v) is 6.87. The fourth-order valence-electron chi connectivity index (χ4n) is 4.77. The summed E-state index contributed by atoms with van der Waals surface area (Å²) in [4.78, 5) is 28.1. The second kappa shape index (κ2) is 8.75. The predicted octanol–water partition coefficient (Wildman–Crippen LogP) is 3.69. The highest BCUT2D eigenvalue weighted by atomic mass is 35.5. The van der Waals surface area contributed by atoms with Gasteiger partial charge in [0.1, 0.15) is 5.82 Å². The van der Waals surface area contributed by atoms with Crippen LogP contribution in [0.25, 0.3) is 0 Å². The summed E-state index contributed by atoms with van der Waals surface area (Å²) in [7, 11) is 0. The molecule has 3 unspecified atom stereocenters. The third kappa shape index (κ3) is 4.34. The van der Waals surface area contributed by atoms with Crippen LogP contribution in [0.15, 0.2) is 30.3 Å². The maximum Gasteiger partial charge on any atom is 0.256 e. The van der Waals surface area contributed by atoms with Crippen molar-refractivity contribution in [3.8, 4) is 0 Å². The number of rotatable bonds is 5. The molecule has 2 fully saturated rings. The maximum absolute atomic E-state index is 14.0. The van der Waals surface area contributed by atoms with E-state index in [4.69, 9.17) is 17.3 Å². The summed E-state index contributed by atoms with van der Waals surface area (Å²) < 4.78 is 40.8. The molecule has 5 nitrogen and oxygen atoms in total. The van der Waals surface area contributed by atoms with Crippen molar-refractivity contribution in [1.82, 2.24) is 9.80 Å². The lowest BCUT2D eigenvalue weighted by molar-refractivity contribution is -0.119. The van der Waals surface area contributed by atoms with Crippen molar-refractivity contribution in [2.75, 3.05) is 26.2 Å². The summed E-state index contributed by atoms with van der Waals surface area (Å²) in [5.41, 5.74) is 6.86. The number of fused-ring (bicyclic) bond motifs is 1. The quantitative estimate of drug-likeness (QED) is 0.685. The minimum absolute atomic E-state index is 0.114. The smallest absolute Gasteiger partial charge is 0.256 e. The Labute approximate surface area is 188 Å². The van der Waals surface area contributed by atoms with Crippen LogP contribution in [0.2, 0.25) is 5.02 Å². The Kier molecular flexibility index (Phi) is 6.18. The highest BCUT2D eigenvalue weighted by Gasteiger charge is 2.44. The SMILES string of the molecule is Cc1ccc(C(CC(N)=O)N2CC3CN(C(=O)c4cc(F)c(F)cc4F)CC3C2)cc1Cl. The fourth-order valence-corrected chi connectivity index (χ4v) is 4.96. The van der Waals surface area contributed by atoms with Crippen molar-refractivity contribution in [3.05, 3.63) is 69.5 Å². The van der Waals surface area contributed by atoms with Crippen molar-refractivity contribution in [2.45, 2.75) is 19.4 Å². The molecule has 0 aliphatic carbocycles. The molecular formula is C23H23ClF3N3O2. The van der Waals surface area contributed by atoms with E-state index in [0.29, 0.717) is 43.3 Å². The number of hydrogen-bond donors (Lipinski definition) is 1. The summed E-state index contributed by atoms with van der Waals surface area (Å²) in [6.45, 7) is 3.89. The molecule has 2 aromatic carbocycles. The lowest BCUT2D eigenvalue weighted by Crippen LogP contribution is -2.36. The molecule has 170 valence electrons. The first-order valence-corrected chi connectivity index (χ1v) is 10.7. The largest absolute Gasteiger partial charge is 0.370 e. The van der Waals surface area contributed by atoms with Gasteiger partial charge in [0, 0.05) is 49.7 Å². The molecule has 32 heavy (non-hydrogen) atoms. The van der Waals surface area contributed by atoms with Crippen molar-refractivity contribution in [1.29, 1.82) is 0 Å². The lowest BCUT2D eigenvalue weighted by Gasteiger charge is -2.29. The summed E-state index contributed by atoms with van der Waals surface area (Å²) in [6, 6.07) is 6.45. The van der Waals surface area contributed by atoms with Crippen LogP contribution in [0.3, 0.4) is 0 Å². The molecule has 2 amide bonds. The molecule has 4 rings (SSSR count). The molecule has 0 bridgehead atoms. The first-order valence-electron chi connectivity index (χ1n) is 10.4. The molecule has 2 N–H and O–H groups in total. The summed E-state index contributed by atoms with van der Waals surface area (Å²) >= 11 is 6.28. The van der Waals surface area contributed by atoms with E-state index in [1.54, 1.807) is 0 Å². The molecule has 0 spiro atoms. The Morgan fingerprint density at radius 2 is 1.66 bits per heavy atom. The van der Waals surface area contributed by atoms with Crippen LogP contribution in [0.4, 0.5) is 13.2 Å². The van der Waals surface area contributed by atoms with Crippen LogP contribution in [0, 0.1) is 36.2 Å². The van der Waals surface area contributed by atoms with E-state index in [1.165, 1.54) is 4.90 Å². The predicted molar refractivity (Wildman–Crippen MR) is 114 cm³/mol. The van der Waals surface area contributed by atoms with Gasteiger partial charge in [0.25, 0.3) is 5.91 Å². The zero-order chi connectivity index (χ0) is 23.2. The van der Waals surface area contributed by atoms with E-state index < -0.39 is 34.8 Å². The molecule has 3 atom stereocenters. The van der Waals surface area contributed by atoms with E-state index >= 15 is 0 Å². The number of nitrogens with zero attached hydrogens (tertiary/aromatic N) is 2. The van der Waals surface area contributed by atoms with Gasteiger partial charge < -0.3 is 10.6 Å². The first-order chi connectivity index (χ1) is 15.1. The van der Waals surface area contributed by atoms with E-state index in [9.17, 15) is 22.8 Å². The van der Waals surface area contributed by atoms with Gasteiger partial charge in [-0.2, -0.15) is 0 Å². The minimum atomic E-state index is -1.33. The molecule has 9 heteroatoms. The second-order valence-corrected chi connectivity index (χ2v) is 9.03. The number of aryl methyl sites for hydroxylation is 1. The van der Waals surface area contributed by atoms with E-state index in [2.05, 4.69) is 4.90 Å². The molecule has 0 saturated carbocycles. The Morgan fingerprint density at radius 1 is 1.03 bits per heavy atom. The van der Waals surface area contributed by atoms with Gasteiger partial charge in [0.2, 0.25) is 5.91 Å². The van der Waals surface area contributed by atoms with E-state index in [1.807, 2.05) is 25.1 Å². The van der Waals surface area contributed by atoms with Crippen LogP contribution < -0.4 is 5.73 Å². The molecule has 2 aromatic rings. The Morgan fingerprint density at radius 3 is 2.25 bits per heavy atom. The first kappa shape index (κ1) is 22.6. The summed E-state index contributed by atoms with van der Waals surface area (Å²) in [5, 5.41) is 0.613. The average Bonchev–Trinajstić information content (AvgIpc) is 3.29. The molecule has 0 aromatic heterocycles. The Balaban J connectivity index is 1.48. The fraction of sp³-hybridized carbons (Fsp3) is 0.391. The number of carbonyl (C=O) groups is 2. The highest BCUT2D eigenvalue weighted by molar-refractivity contribution is 6.31. The number of carbonyl (C=O) groups excluding carboxylic acids is 2. The summed E-state index contributed by atoms with van der Waals surface area (Å²) in [5.74, 6) is -4.51. The second-order valence-electron chi connectivity index (χ2n) is 8.63. The van der Waals surface area contributed by atoms with Crippen molar-refractivity contribution in [2.24, 2.45) is 17.6 Å². The molecular weight excluding hydrogens is 443 g/mol. The monoisotopic (exact) mass is 465 g/mol. The zero-order valence-electron chi connectivity index (χ0n) is 17.5. The molecule has 2 aliphatic rings. The van der Waals surface area contributed by atoms with Crippen molar-refractivity contribution >= 4 is 23.4 Å². The van der Waals surface area contributed by atoms with Crippen LogP contribution in [-0.4, -0.2) is 47.8 Å². The van der Waals surface area contributed by atoms with Gasteiger partial charge in [0.15, 0.2) is 11.6 Å². The van der Waals surface area contributed by atoms with Crippen molar-refractivity contribution in [3.63, 3.8) is 0 Å². The van der Waals surface area contributed by atoms with Crippen LogP contribution >= 0.6 is 11.6 Å². The van der Waals surface area contributed by atoms with Gasteiger partial charge in [-0.15, -0.1) is 0 Å². The minimum Gasteiger partial charge on any atom is -0.370 e. The third-order valence-electron chi connectivity index (χ3n) is 6.46. The molecule has 2 aliphatic heterocycles. The van der Waals surface area contributed by atoms with Gasteiger partial charge in [-0.05, 0) is 42.0 Å². The molecule has 2 heterocycles. The number of benzene rings is 2. The summed E-state index contributed by atoms with van der Waals surface area (Å²) in [6.07, 6.45) is 0.140. The average molecular weight is 466 g/mol.